The molecule has 0 amide bonds. The first-order valence-electron chi connectivity index (χ1n) is 8.34. The third-order valence-corrected chi connectivity index (χ3v) is 5.47. The van der Waals surface area contributed by atoms with Gasteiger partial charge >= 0.3 is 5.97 Å². The molecule has 21 heavy (non-hydrogen) atoms. The van der Waals surface area contributed by atoms with Gasteiger partial charge in [0.1, 0.15) is 6.42 Å². The van der Waals surface area contributed by atoms with E-state index in [4.69, 9.17) is 0 Å². The predicted molar refractivity (Wildman–Crippen MR) is 88.1 cm³/mol. The van der Waals surface area contributed by atoms with Gasteiger partial charge in [-0.3, -0.25) is 0 Å². The number of carboxylic acids is 1. The van der Waals surface area contributed by atoms with Crippen LogP contribution in [0.4, 0.5) is 0 Å². The van der Waals surface area contributed by atoms with Gasteiger partial charge in [0.2, 0.25) is 0 Å². The van der Waals surface area contributed by atoms with Gasteiger partial charge in [0.05, 0.1) is 6.61 Å². The molecule has 3 heteroatoms. The average Bonchev–Trinajstić information content (AvgIpc) is 2.41. The molecule has 2 unspecified atom stereocenters. The minimum Gasteiger partial charge on any atom is -0.395 e. The zero-order valence-electron chi connectivity index (χ0n) is 14.2. The summed E-state index contributed by atoms with van der Waals surface area (Å²) in [7, 11) is 0. The molecule has 0 aliphatic heterocycles. The van der Waals surface area contributed by atoms with E-state index in [-0.39, 0.29) is 23.9 Å². The van der Waals surface area contributed by atoms with E-state index in [2.05, 4.69) is 33.8 Å². The fourth-order valence-corrected chi connectivity index (χ4v) is 3.46. The van der Waals surface area contributed by atoms with E-state index in [0.717, 1.165) is 25.7 Å². The normalized spacial score (nSPS) is 28.8. The summed E-state index contributed by atoms with van der Waals surface area (Å²) in [5, 5.41) is 19.2. The molecule has 1 aliphatic rings. The van der Waals surface area contributed by atoms with Crippen LogP contribution in [0.25, 0.3) is 0 Å². The quantitative estimate of drug-likeness (QED) is 0.397. The summed E-state index contributed by atoms with van der Waals surface area (Å²) < 4.78 is 0. The van der Waals surface area contributed by atoms with Crippen molar-refractivity contribution >= 4 is 5.97 Å². The zero-order valence-corrected chi connectivity index (χ0v) is 14.2. The monoisotopic (exact) mass is 297 g/mol. The van der Waals surface area contributed by atoms with Crippen LogP contribution < -0.4 is 0 Å². The van der Waals surface area contributed by atoms with Gasteiger partial charge in [0.15, 0.2) is 0 Å². The summed E-state index contributed by atoms with van der Waals surface area (Å²) in [6, 6.07) is 0. The van der Waals surface area contributed by atoms with Gasteiger partial charge in [-0.15, -0.1) is 0 Å². The van der Waals surface area contributed by atoms with Gasteiger partial charge in [-0.1, -0.05) is 58.6 Å². The van der Waals surface area contributed by atoms with E-state index in [1.165, 1.54) is 18.4 Å². The molecular formula is C18H33O3+. The largest absolute Gasteiger partial charge is 0.481 e. The van der Waals surface area contributed by atoms with Gasteiger partial charge in [-0.25, -0.2) is 0 Å². The van der Waals surface area contributed by atoms with Crippen LogP contribution in [0.2, 0.25) is 0 Å². The second-order valence-electron chi connectivity index (χ2n) is 7.38. The molecule has 0 spiro atoms. The number of rotatable bonds is 8. The molecule has 0 aromatic carbocycles. The van der Waals surface area contributed by atoms with E-state index >= 15 is 0 Å². The number of carboxylic acid groups (broad SMARTS) is 1. The van der Waals surface area contributed by atoms with Crippen LogP contribution in [0.3, 0.4) is 0 Å². The number of aliphatic carboxylic acids is 1. The smallest absolute Gasteiger partial charge is 0.395 e. The Balaban J connectivity index is 2.97. The summed E-state index contributed by atoms with van der Waals surface area (Å²) >= 11 is 0. The van der Waals surface area contributed by atoms with Gasteiger partial charge in [-0.2, -0.15) is 0 Å². The Labute approximate surface area is 129 Å². The third-order valence-electron chi connectivity index (χ3n) is 5.47. The first kappa shape index (κ1) is 18.2. The van der Waals surface area contributed by atoms with Crippen molar-refractivity contribution in [3.05, 3.63) is 11.6 Å². The van der Waals surface area contributed by atoms with Gasteiger partial charge < -0.3 is 15.0 Å². The van der Waals surface area contributed by atoms with Crippen molar-refractivity contribution in [3.63, 3.8) is 0 Å². The Morgan fingerprint density at radius 1 is 1.48 bits per heavy atom. The molecule has 1 aliphatic carbocycles. The number of hydrogen-bond donors (Lipinski definition) is 2. The average molecular weight is 297 g/mol. The molecule has 3 N–H and O–H groups in total. The van der Waals surface area contributed by atoms with Gasteiger partial charge in [0.25, 0.3) is 0 Å². The second kappa shape index (κ2) is 7.44. The van der Waals surface area contributed by atoms with E-state index in [1.807, 2.05) is 0 Å². The molecule has 0 saturated carbocycles. The molecule has 3 atom stereocenters. The molecule has 1 rings (SSSR count). The lowest BCUT2D eigenvalue weighted by Gasteiger charge is -2.41. The van der Waals surface area contributed by atoms with E-state index in [9.17, 15) is 15.0 Å². The minimum atomic E-state index is -0.487. The molecule has 0 radical (unpaired) electrons. The summed E-state index contributed by atoms with van der Waals surface area (Å²) in [5.41, 5.74) is 0.901. The van der Waals surface area contributed by atoms with Crippen LogP contribution in [0, 0.1) is 16.7 Å². The highest BCUT2D eigenvalue weighted by Crippen LogP contribution is 2.47. The topological polar surface area (TPSA) is 61.9 Å². The van der Waals surface area contributed by atoms with Crippen LogP contribution in [0.15, 0.2) is 11.6 Å². The number of aliphatic hydroxyl groups excluding tert-OH is 2. The second-order valence-corrected chi connectivity index (χ2v) is 7.38. The van der Waals surface area contributed by atoms with Crippen molar-refractivity contribution in [3.8, 4) is 0 Å². The summed E-state index contributed by atoms with van der Waals surface area (Å²) in [5.74, 6) is -0.0762. The summed E-state index contributed by atoms with van der Waals surface area (Å²) in [6.07, 6.45) is 9.07. The number of hydrogen-bond acceptors (Lipinski definition) is 1. The maximum Gasteiger partial charge on any atom is 0.481 e. The Bertz CT molecular complexity index is 388. The summed E-state index contributed by atoms with van der Waals surface area (Å²) in [6.45, 7) is 8.76. The molecular weight excluding hydrogens is 264 g/mol. The van der Waals surface area contributed by atoms with Crippen LogP contribution in [-0.2, 0) is 0 Å². The fraction of sp³-hybridized carbons (Fsp3) is 0.833. The molecule has 0 aromatic rings. The van der Waals surface area contributed by atoms with Gasteiger partial charge in [-0.05, 0) is 25.2 Å². The van der Waals surface area contributed by atoms with Crippen molar-refractivity contribution in [2.75, 3.05) is 6.61 Å². The van der Waals surface area contributed by atoms with Crippen LogP contribution in [0.1, 0.15) is 72.6 Å². The van der Waals surface area contributed by atoms with E-state index in [1.54, 1.807) is 0 Å². The predicted octanol–water partition coefficient (Wildman–Crippen LogP) is 4.38. The van der Waals surface area contributed by atoms with Crippen molar-refractivity contribution in [2.24, 2.45) is 16.7 Å². The van der Waals surface area contributed by atoms with Crippen LogP contribution >= 0.6 is 0 Å². The Morgan fingerprint density at radius 2 is 2.14 bits per heavy atom. The standard InChI is InChI=1S/C18H32O3/c1-5-6-7-10-17(3,13-19)15-9-8-14(2)18(4,11-15)12-16(20)21/h11,14,19H,5-10,12-13H2,1-4H3,(H,20,21)/p+1/t14-,17?,18?/m1/s1. The lowest BCUT2D eigenvalue weighted by atomic mass is 9.63. The van der Waals surface area contributed by atoms with E-state index in [0.29, 0.717) is 5.92 Å². The molecule has 0 heterocycles. The van der Waals surface area contributed by atoms with Crippen molar-refractivity contribution < 1.29 is 15.0 Å². The Hall–Kier alpha value is -0.830. The molecule has 0 saturated heterocycles. The number of aliphatic hydroxyl groups is 1. The minimum absolute atomic E-state index is 0.165. The molecule has 0 fully saturated rings. The lowest BCUT2D eigenvalue weighted by molar-refractivity contribution is 0.142. The van der Waals surface area contributed by atoms with Crippen molar-refractivity contribution in [1.82, 2.24) is 0 Å². The molecule has 3 nitrogen and oxygen atoms in total. The van der Waals surface area contributed by atoms with Crippen LogP contribution in [0.5, 0.6) is 0 Å². The number of allylic oxidation sites excluding steroid dienone is 1. The Morgan fingerprint density at radius 3 is 2.67 bits per heavy atom. The fourth-order valence-electron chi connectivity index (χ4n) is 3.46. The maximum atomic E-state index is 9.91. The van der Waals surface area contributed by atoms with Crippen LogP contribution in [-0.4, -0.2) is 27.6 Å². The molecule has 0 aromatic heterocycles. The highest BCUT2D eigenvalue weighted by Gasteiger charge is 2.40. The first-order valence-corrected chi connectivity index (χ1v) is 8.34. The van der Waals surface area contributed by atoms with Gasteiger partial charge in [0, 0.05) is 10.8 Å². The highest BCUT2D eigenvalue weighted by atomic mass is 16.4. The molecule has 122 valence electrons. The van der Waals surface area contributed by atoms with Crippen molar-refractivity contribution in [1.29, 1.82) is 0 Å². The summed E-state index contributed by atoms with van der Waals surface area (Å²) in [4.78, 5) is 9.30. The zero-order chi connectivity index (χ0) is 16.1. The first-order chi connectivity index (χ1) is 9.77. The maximum absolute atomic E-state index is 9.91. The van der Waals surface area contributed by atoms with Crippen molar-refractivity contribution in [2.45, 2.75) is 72.6 Å². The third kappa shape index (κ3) is 4.57. The highest BCUT2D eigenvalue weighted by molar-refractivity contribution is 5.69. The Kier molecular flexibility index (Phi) is 6.45. The number of unbranched alkanes of at least 4 members (excludes halogenated alkanes) is 2. The molecule has 0 bridgehead atoms. The SMILES string of the molecule is CCCCCC(C)(CO)C1=CC(C)(CC(O)=[OH+])[C@H](C)CC1. The van der Waals surface area contributed by atoms with E-state index < -0.39 is 5.97 Å². The lowest BCUT2D eigenvalue weighted by Crippen LogP contribution is -2.34.